The van der Waals surface area contributed by atoms with Gasteiger partial charge in [-0.2, -0.15) is 6.67 Å². The Labute approximate surface area is 377 Å². The summed E-state index contributed by atoms with van der Waals surface area (Å²) in [6.45, 7) is 25.2. The van der Waals surface area contributed by atoms with Crippen molar-refractivity contribution >= 4 is 43.3 Å². The molecular weight excluding hydrogens is 868 g/mol. The maximum atomic E-state index is 5.67. The van der Waals surface area contributed by atoms with Gasteiger partial charge in [0, 0.05) is 32.4 Å². The second-order valence-electron chi connectivity index (χ2n) is 19.4. The number of para-hydroxylation sites is 1. The Morgan fingerprint density at radius 3 is 1.27 bits per heavy atom. The van der Waals surface area contributed by atoms with E-state index in [1.165, 1.54) is 56.2 Å². The van der Waals surface area contributed by atoms with E-state index in [-0.39, 0.29) is 7.92 Å². The van der Waals surface area contributed by atoms with E-state index in [4.69, 9.17) is 19.4 Å². The summed E-state index contributed by atoms with van der Waals surface area (Å²) in [5, 5.41) is 0. The van der Waals surface area contributed by atoms with Crippen molar-refractivity contribution in [2.24, 2.45) is 0 Å². The zero-order chi connectivity index (χ0) is 42.5. The van der Waals surface area contributed by atoms with Gasteiger partial charge in [0.1, 0.15) is 0 Å². The van der Waals surface area contributed by atoms with Crippen molar-refractivity contribution in [2.75, 3.05) is 22.9 Å². The topological polar surface area (TPSA) is 6.48 Å². The summed E-state index contributed by atoms with van der Waals surface area (Å²) in [7, 11) is 11.3. The van der Waals surface area contributed by atoms with Gasteiger partial charge in [0.2, 0.25) is 0 Å². The number of hydrogen-bond donors (Lipinski definition) is 0. The fraction of sp³-hybridized carbons (Fsp3) is 0.623. The molecule has 0 N–H and O–H groups in total. The standard InChI is InChI=1S/C28H41N2.C18H33P.C7H6.2ClH.Ru/c1-18(2)23-11-10-12-24(19(3)4)27(23)29-13-14-30(17-29)28-25(20(5)6)15-22(9)16-26(28)21(7)8;1-4-10-16(11-5-1)19(17-12-6-2-7-13-17)18-14-8-3-9-15-18;1-7-5-3-2-4-6-7;;;/h10-12,15-21H,13-14H2,1-9H3;16-18H,1-15H2;1-6H;2*1H;/q-1;;;;;+2/p-1. The summed E-state index contributed by atoms with van der Waals surface area (Å²) in [6, 6.07) is 21.5. The van der Waals surface area contributed by atoms with Crippen LogP contribution in [0.3, 0.4) is 0 Å². The average molecular weight is 949 g/mol. The summed E-state index contributed by atoms with van der Waals surface area (Å²) < 4.78 is 1.92. The number of hydrogen-bond acceptors (Lipinski definition) is 2. The first kappa shape index (κ1) is 48.8. The molecule has 6 heteroatoms. The van der Waals surface area contributed by atoms with Crippen LogP contribution in [-0.2, 0) is 13.5 Å². The van der Waals surface area contributed by atoms with Crippen LogP contribution >= 0.6 is 27.3 Å². The summed E-state index contributed by atoms with van der Waals surface area (Å²) >= 11 is -1.61. The first-order valence-corrected chi connectivity index (χ1v) is 31.0. The molecule has 0 unspecified atom stereocenters. The van der Waals surface area contributed by atoms with Crippen LogP contribution in [0.4, 0.5) is 11.4 Å². The van der Waals surface area contributed by atoms with E-state index in [2.05, 4.69) is 109 Å². The quantitative estimate of drug-likeness (QED) is 0.114. The maximum absolute atomic E-state index is 5.67. The van der Waals surface area contributed by atoms with Crippen LogP contribution in [0.25, 0.3) is 0 Å². The van der Waals surface area contributed by atoms with Gasteiger partial charge in [-0.25, -0.2) is 0 Å². The van der Waals surface area contributed by atoms with Gasteiger partial charge in [0.05, 0.1) is 17.0 Å². The van der Waals surface area contributed by atoms with E-state index in [9.17, 15) is 0 Å². The molecule has 59 heavy (non-hydrogen) atoms. The summed E-state index contributed by atoms with van der Waals surface area (Å²) in [5.74, 6) is 2.04. The fourth-order valence-electron chi connectivity index (χ4n) is 10.6. The Bertz CT molecular complexity index is 1620. The average Bonchev–Trinajstić information content (AvgIpc) is 3.72. The number of nitrogens with zero attached hydrogens (tertiary/aromatic N) is 2. The minimum atomic E-state index is -1.61. The molecule has 0 atom stereocenters. The number of halogens is 2. The van der Waals surface area contributed by atoms with Gasteiger partial charge in [0.25, 0.3) is 0 Å². The van der Waals surface area contributed by atoms with E-state index < -0.39 is 13.5 Å². The van der Waals surface area contributed by atoms with E-state index in [0.717, 1.165) is 18.7 Å². The van der Waals surface area contributed by atoms with E-state index >= 15 is 0 Å². The molecule has 0 radical (unpaired) electrons. The van der Waals surface area contributed by atoms with Crippen LogP contribution in [-0.4, -0.2) is 34.7 Å². The number of rotatable bonds is 10. The first-order valence-electron chi connectivity index (χ1n) is 23.8. The summed E-state index contributed by atoms with van der Waals surface area (Å²) in [4.78, 5) is 5.03. The normalized spacial score (nSPS) is 18.7. The molecular formula is C53H81Cl2N2PRu. The Morgan fingerprint density at radius 1 is 0.542 bits per heavy atom. The van der Waals surface area contributed by atoms with E-state index in [1.54, 1.807) is 96.3 Å². The third kappa shape index (κ3) is 14.1. The summed E-state index contributed by atoms with van der Waals surface area (Å²) in [5.41, 5.74) is 14.9. The molecule has 1 aliphatic heterocycles. The molecule has 3 aromatic carbocycles. The Balaban J connectivity index is 0.000000192. The van der Waals surface area contributed by atoms with Gasteiger partial charge in [-0.05, 0) is 130 Å². The van der Waals surface area contributed by atoms with E-state index in [0.29, 0.717) is 23.7 Å². The molecule has 3 aliphatic carbocycles. The molecule has 4 aliphatic rings. The minimum absolute atomic E-state index is 0.0465. The molecule has 3 saturated carbocycles. The van der Waals surface area contributed by atoms with Crippen molar-refractivity contribution < 1.29 is 13.5 Å². The van der Waals surface area contributed by atoms with Gasteiger partial charge in [-0.3, -0.25) is 0 Å². The molecule has 330 valence electrons. The van der Waals surface area contributed by atoms with Crippen molar-refractivity contribution in [3.63, 3.8) is 0 Å². The molecule has 3 aromatic rings. The zero-order valence-corrected chi connectivity index (χ0v) is 42.7. The monoisotopic (exact) mass is 948 g/mol. The molecule has 2 nitrogen and oxygen atoms in total. The van der Waals surface area contributed by atoms with Crippen molar-refractivity contribution in [3.8, 4) is 0 Å². The molecule has 0 bridgehead atoms. The Hall–Kier alpha value is -1.24. The predicted octanol–water partition coefficient (Wildman–Crippen LogP) is 16.9. The van der Waals surface area contributed by atoms with E-state index in [1.807, 2.05) is 34.9 Å². The zero-order valence-electron chi connectivity index (χ0n) is 38.5. The van der Waals surface area contributed by atoms with Gasteiger partial charge in [-0.1, -0.05) is 111 Å². The fourth-order valence-corrected chi connectivity index (χ4v) is 17.7. The van der Waals surface area contributed by atoms with Crippen molar-refractivity contribution in [3.05, 3.63) is 101 Å². The Kier molecular flexibility index (Phi) is 20.3. The number of benzene rings is 3. The van der Waals surface area contributed by atoms with Crippen LogP contribution in [0.1, 0.15) is 209 Å². The van der Waals surface area contributed by atoms with Crippen molar-refractivity contribution in [1.29, 1.82) is 0 Å². The number of anilines is 2. The second-order valence-corrected chi connectivity index (χ2v) is 28.6. The Morgan fingerprint density at radius 2 is 0.915 bits per heavy atom. The SMILES string of the molecule is C1CCC([PH+](C2CCCCC2)C2CCCCC2)CC1.Cc1cc(C(C)C)c(N2[CH-]N(c3c(C(C)C)cccc3C(C)C)CC2)c(C(C)C)c1.[Cl][Ru]([Cl])=[CH]c1ccccc1. The molecule has 7 rings (SSSR count). The van der Waals surface area contributed by atoms with Crippen LogP contribution in [0.2, 0.25) is 0 Å². The molecule has 4 fully saturated rings. The molecule has 0 spiro atoms. The second kappa shape index (κ2) is 24.6. The third-order valence-electron chi connectivity index (χ3n) is 13.6. The molecule has 0 aromatic heterocycles. The first-order chi connectivity index (χ1) is 28.3. The molecule has 0 amide bonds. The predicted molar refractivity (Wildman–Crippen MR) is 265 cm³/mol. The van der Waals surface area contributed by atoms with Gasteiger partial charge in [-0.15, -0.1) is 0 Å². The van der Waals surface area contributed by atoms with Gasteiger partial charge < -0.3 is 9.80 Å². The van der Waals surface area contributed by atoms with Crippen LogP contribution < -0.4 is 9.80 Å². The number of aryl methyl sites for hydroxylation is 1. The molecule has 1 heterocycles. The van der Waals surface area contributed by atoms with Crippen LogP contribution in [0, 0.1) is 13.6 Å². The van der Waals surface area contributed by atoms with Crippen LogP contribution in [0.15, 0.2) is 60.7 Å². The van der Waals surface area contributed by atoms with Crippen molar-refractivity contribution in [2.45, 2.75) is 199 Å². The third-order valence-corrected chi connectivity index (χ3v) is 20.0. The van der Waals surface area contributed by atoms with Gasteiger partial charge in [0.15, 0.2) is 0 Å². The van der Waals surface area contributed by atoms with Gasteiger partial charge >= 0.3 is 73.4 Å². The van der Waals surface area contributed by atoms with Crippen molar-refractivity contribution in [1.82, 2.24) is 0 Å². The molecule has 1 saturated heterocycles. The summed E-state index contributed by atoms with van der Waals surface area (Å²) in [6.07, 6.45) is 23.8. The van der Waals surface area contributed by atoms with Crippen LogP contribution in [0.5, 0.6) is 0 Å².